The number of para-hydroxylation sites is 1. The highest BCUT2D eigenvalue weighted by molar-refractivity contribution is 5.80. The Bertz CT molecular complexity index is 472. The SMILES string of the molecule is CNCc1cccc(F)c1N(CC(N)=O)C1CCCC1. The van der Waals surface area contributed by atoms with Gasteiger partial charge < -0.3 is 16.0 Å². The van der Waals surface area contributed by atoms with E-state index in [4.69, 9.17) is 5.73 Å². The lowest BCUT2D eigenvalue weighted by atomic mass is 10.1. The maximum absolute atomic E-state index is 14.3. The summed E-state index contributed by atoms with van der Waals surface area (Å²) in [5.41, 5.74) is 6.74. The lowest BCUT2D eigenvalue weighted by Gasteiger charge is -2.32. The average Bonchev–Trinajstić information content (AvgIpc) is 2.91. The molecule has 0 radical (unpaired) electrons. The molecule has 2 rings (SSSR count). The minimum atomic E-state index is -0.421. The van der Waals surface area contributed by atoms with Gasteiger partial charge in [0.15, 0.2) is 0 Å². The van der Waals surface area contributed by atoms with E-state index in [1.165, 1.54) is 6.07 Å². The summed E-state index contributed by atoms with van der Waals surface area (Å²) in [5, 5.41) is 3.04. The van der Waals surface area contributed by atoms with Gasteiger partial charge in [-0.25, -0.2) is 4.39 Å². The third kappa shape index (κ3) is 3.28. The van der Waals surface area contributed by atoms with Crippen molar-refractivity contribution in [3.63, 3.8) is 0 Å². The van der Waals surface area contributed by atoms with E-state index in [9.17, 15) is 9.18 Å². The van der Waals surface area contributed by atoms with Crippen molar-refractivity contribution in [1.82, 2.24) is 5.32 Å². The number of hydrogen-bond acceptors (Lipinski definition) is 3. The number of carbonyl (C=O) groups is 1. The maximum Gasteiger partial charge on any atom is 0.236 e. The number of nitrogens with zero attached hydrogens (tertiary/aromatic N) is 1. The van der Waals surface area contributed by atoms with Crippen LogP contribution in [-0.4, -0.2) is 25.5 Å². The Kier molecular flexibility index (Phi) is 4.95. The maximum atomic E-state index is 14.3. The zero-order valence-corrected chi connectivity index (χ0v) is 11.9. The van der Waals surface area contributed by atoms with Gasteiger partial charge in [0, 0.05) is 12.6 Å². The molecule has 4 nitrogen and oxygen atoms in total. The first-order chi connectivity index (χ1) is 9.63. The first kappa shape index (κ1) is 14.8. The van der Waals surface area contributed by atoms with Gasteiger partial charge in [-0.3, -0.25) is 4.79 Å². The number of anilines is 1. The van der Waals surface area contributed by atoms with Crippen molar-refractivity contribution in [3.8, 4) is 0 Å². The monoisotopic (exact) mass is 279 g/mol. The van der Waals surface area contributed by atoms with E-state index in [2.05, 4.69) is 5.32 Å². The van der Waals surface area contributed by atoms with Crippen LogP contribution >= 0.6 is 0 Å². The van der Waals surface area contributed by atoms with Gasteiger partial charge in [-0.15, -0.1) is 0 Å². The van der Waals surface area contributed by atoms with Gasteiger partial charge >= 0.3 is 0 Å². The predicted molar refractivity (Wildman–Crippen MR) is 78.0 cm³/mol. The van der Waals surface area contributed by atoms with E-state index in [0.29, 0.717) is 12.2 Å². The van der Waals surface area contributed by atoms with Crippen molar-refractivity contribution in [1.29, 1.82) is 0 Å². The second-order valence-electron chi connectivity index (χ2n) is 5.31. The summed E-state index contributed by atoms with van der Waals surface area (Å²) < 4.78 is 14.3. The fourth-order valence-corrected chi connectivity index (χ4v) is 2.99. The van der Waals surface area contributed by atoms with Crippen LogP contribution in [0.15, 0.2) is 18.2 Å². The number of amides is 1. The Hall–Kier alpha value is -1.62. The summed E-state index contributed by atoms with van der Waals surface area (Å²) >= 11 is 0. The van der Waals surface area contributed by atoms with Crippen LogP contribution < -0.4 is 16.0 Å². The van der Waals surface area contributed by atoms with Crippen LogP contribution in [0, 0.1) is 5.82 Å². The first-order valence-electron chi connectivity index (χ1n) is 7.10. The molecule has 1 aromatic rings. The molecular weight excluding hydrogens is 257 g/mol. The zero-order valence-electron chi connectivity index (χ0n) is 11.9. The van der Waals surface area contributed by atoms with Crippen molar-refractivity contribution in [3.05, 3.63) is 29.6 Å². The highest BCUT2D eigenvalue weighted by atomic mass is 19.1. The van der Waals surface area contributed by atoms with E-state index < -0.39 is 5.91 Å². The second-order valence-corrected chi connectivity index (χ2v) is 5.31. The molecule has 0 aromatic heterocycles. The molecule has 1 aromatic carbocycles. The predicted octanol–water partition coefficient (Wildman–Crippen LogP) is 1.78. The van der Waals surface area contributed by atoms with E-state index in [1.807, 2.05) is 18.0 Å². The van der Waals surface area contributed by atoms with Gasteiger partial charge in [0.05, 0.1) is 12.2 Å². The number of hydrogen-bond donors (Lipinski definition) is 2. The van der Waals surface area contributed by atoms with Gasteiger partial charge in [0.1, 0.15) is 5.82 Å². The molecule has 0 unspecified atom stereocenters. The van der Waals surface area contributed by atoms with Crippen LogP contribution in [0.25, 0.3) is 0 Å². The average molecular weight is 279 g/mol. The van der Waals surface area contributed by atoms with Gasteiger partial charge in [0.2, 0.25) is 5.91 Å². The van der Waals surface area contributed by atoms with E-state index >= 15 is 0 Å². The summed E-state index contributed by atoms with van der Waals surface area (Å²) in [6.45, 7) is 0.636. The Labute approximate surface area is 119 Å². The standard InChI is InChI=1S/C15H22FN3O/c1-18-9-11-5-4-8-13(16)15(11)19(10-14(17)20)12-6-2-3-7-12/h4-5,8,12,18H,2-3,6-7,9-10H2,1H3,(H2,17,20). The quantitative estimate of drug-likeness (QED) is 0.834. The van der Waals surface area contributed by atoms with Gasteiger partial charge in [-0.2, -0.15) is 0 Å². The van der Waals surface area contributed by atoms with Gasteiger partial charge in [-0.05, 0) is 31.5 Å². The van der Waals surface area contributed by atoms with Gasteiger partial charge in [0.25, 0.3) is 0 Å². The highest BCUT2D eigenvalue weighted by Crippen LogP contribution is 2.32. The molecule has 1 fully saturated rings. The van der Waals surface area contributed by atoms with E-state index in [1.54, 1.807) is 6.07 Å². The second kappa shape index (κ2) is 6.70. The number of primary amides is 1. The molecule has 1 saturated carbocycles. The third-order valence-electron chi connectivity index (χ3n) is 3.82. The lowest BCUT2D eigenvalue weighted by molar-refractivity contribution is -0.116. The van der Waals surface area contributed by atoms with Crippen molar-refractivity contribution in [2.24, 2.45) is 5.73 Å². The molecule has 0 spiro atoms. The Balaban J connectivity index is 2.38. The van der Waals surface area contributed by atoms with Crippen LogP contribution in [0.1, 0.15) is 31.2 Å². The van der Waals surface area contributed by atoms with Crippen molar-refractivity contribution in [2.45, 2.75) is 38.3 Å². The summed E-state index contributed by atoms with van der Waals surface area (Å²) in [5.74, 6) is -0.707. The molecule has 0 bridgehead atoms. The van der Waals surface area contributed by atoms with Crippen molar-refractivity contribution in [2.75, 3.05) is 18.5 Å². The molecule has 1 amide bonds. The molecule has 0 atom stereocenters. The number of nitrogens with two attached hydrogens (primary N) is 1. The summed E-state index contributed by atoms with van der Waals surface area (Å²) in [6.07, 6.45) is 4.21. The highest BCUT2D eigenvalue weighted by Gasteiger charge is 2.27. The molecule has 3 N–H and O–H groups in total. The van der Waals surface area contributed by atoms with Gasteiger partial charge in [-0.1, -0.05) is 25.0 Å². The molecule has 0 saturated heterocycles. The molecule has 0 heterocycles. The third-order valence-corrected chi connectivity index (χ3v) is 3.82. The van der Waals surface area contributed by atoms with Crippen molar-refractivity contribution < 1.29 is 9.18 Å². The summed E-state index contributed by atoms with van der Waals surface area (Å²) in [7, 11) is 1.82. The minimum Gasteiger partial charge on any atom is -0.368 e. The largest absolute Gasteiger partial charge is 0.368 e. The Morgan fingerprint density at radius 3 is 2.75 bits per heavy atom. The minimum absolute atomic E-state index is 0.0717. The molecule has 5 heteroatoms. The molecule has 20 heavy (non-hydrogen) atoms. The lowest BCUT2D eigenvalue weighted by Crippen LogP contribution is -2.41. The van der Waals surface area contributed by atoms with E-state index in [-0.39, 0.29) is 18.4 Å². The van der Waals surface area contributed by atoms with Crippen LogP contribution in [0.2, 0.25) is 0 Å². The molecule has 0 aliphatic heterocycles. The fourth-order valence-electron chi connectivity index (χ4n) is 2.99. The molecule has 1 aliphatic carbocycles. The number of carbonyl (C=O) groups excluding carboxylic acids is 1. The van der Waals surface area contributed by atoms with E-state index in [0.717, 1.165) is 31.2 Å². The topological polar surface area (TPSA) is 58.4 Å². The van der Waals surface area contributed by atoms with Crippen molar-refractivity contribution >= 4 is 11.6 Å². The number of nitrogens with one attached hydrogen (secondary N) is 1. The van der Waals surface area contributed by atoms with Crippen LogP contribution in [-0.2, 0) is 11.3 Å². The van der Waals surface area contributed by atoms with Crippen LogP contribution in [0.5, 0.6) is 0 Å². The normalized spacial score (nSPS) is 15.5. The summed E-state index contributed by atoms with van der Waals surface area (Å²) in [4.78, 5) is 13.2. The first-order valence-corrected chi connectivity index (χ1v) is 7.10. The van der Waals surface area contributed by atoms with Crippen LogP contribution in [0.4, 0.5) is 10.1 Å². The smallest absolute Gasteiger partial charge is 0.236 e. The fraction of sp³-hybridized carbons (Fsp3) is 0.533. The van der Waals surface area contributed by atoms with Crippen LogP contribution in [0.3, 0.4) is 0 Å². The number of rotatable bonds is 6. The summed E-state index contributed by atoms with van der Waals surface area (Å²) in [6, 6.07) is 5.23. The molecular formula is C15H22FN3O. The Morgan fingerprint density at radius 2 is 2.15 bits per heavy atom. The number of benzene rings is 1. The zero-order chi connectivity index (χ0) is 14.5. The molecule has 1 aliphatic rings. The number of halogens is 1. The Morgan fingerprint density at radius 1 is 1.45 bits per heavy atom. The molecule has 110 valence electrons.